The van der Waals surface area contributed by atoms with Crippen molar-refractivity contribution in [3.63, 3.8) is 0 Å². The fourth-order valence-corrected chi connectivity index (χ4v) is 2.32. The molecule has 6 nitrogen and oxygen atoms in total. The zero-order valence-corrected chi connectivity index (χ0v) is 11.8. The lowest BCUT2D eigenvalue weighted by atomic mass is 9.90. The van der Waals surface area contributed by atoms with Crippen LogP contribution in [0.2, 0.25) is 0 Å². The van der Waals surface area contributed by atoms with E-state index < -0.39 is 11.5 Å². The number of carboxylic acids is 1. The predicted octanol–water partition coefficient (Wildman–Crippen LogP) is 0.551. The SMILES string of the molecule is NC1(C(=O)NCCc2cccc(C(=O)O)c2)CCOCC1. The van der Waals surface area contributed by atoms with Crippen molar-refractivity contribution in [2.75, 3.05) is 19.8 Å². The van der Waals surface area contributed by atoms with E-state index in [0.29, 0.717) is 39.0 Å². The standard InChI is InChI=1S/C15H20N2O4/c16-15(5-8-21-9-6-15)14(20)17-7-4-11-2-1-3-12(10-11)13(18)19/h1-3,10H,4-9,16H2,(H,17,20)(H,18,19). The molecule has 0 bridgehead atoms. The van der Waals surface area contributed by atoms with Crippen molar-refractivity contribution in [1.82, 2.24) is 5.32 Å². The molecule has 1 fully saturated rings. The van der Waals surface area contributed by atoms with Crippen LogP contribution in [-0.4, -0.2) is 42.3 Å². The van der Waals surface area contributed by atoms with E-state index in [1.807, 2.05) is 6.07 Å². The normalized spacial score (nSPS) is 17.2. The van der Waals surface area contributed by atoms with Gasteiger partial charge in [0, 0.05) is 19.8 Å². The Balaban J connectivity index is 1.85. The van der Waals surface area contributed by atoms with Crippen LogP contribution < -0.4 is 11.1 Å². The highest BCUT2D eigenvalue weighted by Gasteiger charge is 2.35. The summed E-state index contributed by atoms with van der Waals surface area (Å²) in [7, 11) is 0. The maximum atomic E-state index is 12.1. The summed E-state index contributed by atoms with van der Waals surface area (Å²) in [4.78, 5) is 23.0. The first kappa shape index (κ1) is 15.5. The summed E-state index contributed by atoms with van der Waals surface area (Å²) in [5.41, 5.74) is 6.35. The number of hydrogen-bond donors (Lipinski definition) is 3. The van der Waals surface area contributed by atoms with Gasteiger partial charge in [0.05, 0.1) is 11.1 Å². The maximum absolute atomic E-state index is 12.1. The smallest absolute Gasteiger partial charge is 0.335 e. The maximum Gasteiger partial charge on any atom is 0.335 e. The van der Waals surface area contributed by atoms with Crippen LogP contribution in [0.25, 0.3) is 0 Å². The molecule has 0 saturated carbocycles. The Morgan fingerprint density at radius 1 is 1.33 bits per heavy atom. The number of amides is 1. The van der Waals surface area contributed by atoms with Crippen LogP contribution in [-0.2, 0) is 16.0 Å². The summed E-state index contributed by atoms with van der Waals surface area (Å²) >= 11 is 0. The lowest BCUT2D eigenvalue weighted by Crippen LogP contribution is -2.57. The van der Waals surface area contributed by atoms with Gasteiger partial charge in [-0.05, 0) is 37.0 Å². The minimum atomic E-state index is -0.955. The largest absolute Gasteiger partial charge is 0.478 e. The van der Waals surface area contributed by atoms with Gasteiger partial charge in [0.2, 0.25) is 5.91 Å². The van der Waals surface area contributed by atoms with Gasteiger partial charge in [-0.3, -0.25) is 4.79 Å². The lowest BCUT2D eigenvalue weighted by molar-refractivity contribution is -0.129. The Bertz CT molecular complexity index is 524. The molecule has 0 unspecified atom stereocenters. The number of nitrogens with one attached hydrogen (secondary N) is 1. The van der Waals surface area contributed by atoms with Gasteiger partial charge < -0.3 is 20.9 Å². The van der Waals surface area contributed by atoms with Gasteiger partial charge in [0.1, 0.15) is 0 Å². The van der Waals surface area contributed by atoms with Gasteiger partial charge in [0.25, 0.3) is 0 Å². The van der Waals surface area contributed by atoms with Crippen LogP contribution >= 0.6 is 0 Å². The molecule has 4 N–H and O–H groups in total. The molecular formula is C15H20N2O4. The Morgan fingerprint density at radius 3 is 2.71 bits per heavy atom. The molecule has 0 spiro atoms. The van der Waals surface area contributed by atoms with E-state index >= 15 is 0 Å². The average Bonchev–Trinajstić information content (AvgIpc) is 2.48. The first-order valence-corrected chi connectivity index (χ1v) is 6.98. The van der Waals surface area contributed by atoms with E-state index in [-0.39, 0.29) is 11.5 Å². The molecule has 1 aromatic rings. The molecule has 2 rings (SSSR count). The third-order valence-corrected chi connectivity index (χ3v) is 3.71. The van der Waals surface area contributed by atoms with Crippen molar-refractivity contribution in [2.24, 2.45) is 5.73 Å². The molecule has 1 amide bonds. The average molecular weight is 292 g/mol. The molecule has 0 aromatic heterocycles. The van der Waals surface area contributed by atoms with E-state index in [4.69, 9.17) is 15.6 Å². The monoisotopic (exact) mass is 292 g/mol. The molecule has 0 aliphatic carbocycles. The van der Waals surface area contributed by atoms with Gasteiger partial charge in [-0.2, -0.15) is 0 Å². The Morgan fingerprint density at radius 2 is 2.05 bits per heavy atom. The minimum absolute atomic E-state index is 0.166. The van der Waals surface area contributed by atoms with E-state index in [0.717, 1.165) is 5.56 Å². The topological polar surface area (TPSA) is 102 Å². The van der Waals surface area contributed by atoms with Gasteiger partial charge in [-0.25, -0.2) is 4.79 Å². The fourth-order valence-electron chi connectivity index (χ4n) is 2.32. The molecule has 1 aromatic carbocycles. The summed E-state index contributed by atoms with van der Waals surface area (Å²) in [5.74, 6) is -1.12. The second-order valence-electron chi connectivity index (χ2n) is 5.28. The molecule has 0 radical (unpaired) electrons. The van der Waals surface area contributed by atoms with Crippen molar-refractivity contribution >= 4 is 11.9 Å². The van der Waals surface area contributed by atoms with Crippen molar-refractivity contribution in [1.29, 1.82) is 0 Å². The van der Waals surface area contributed by atoms with E-state index in [1.165, 1.54) is 0 Å². The molecule has 114 valence electrons. The number of nitrogens with two attached hydrogens (primary N) is 1. The van der Waals surface area contributed by atoms with E-state index in [1.54, 1.807) is 18.2 Å². The molecule has 21 heavy (non-hydrogen) atoms. The number of aromatic carboxylic acids is 1. The highest BCUT2D eigenvalue weighted by atomic mass is 16.5. The highest BCUT2D eigenvalue weighted by Crippen LogP contribution is 2.17. The number of hydrogen-bond acceptors (Lipinski definition) is 4. The summed E-state index contributed by atoms with van der Waals surface area (Å²) < 4.78 is 5.21. The first-order valence-electron chi connectivity index (χ1n) is 6.98. The Hall–Kier alpha value is -1.92. The van der Waals surface area contributed by atoms with Crippen molar-refractivity contribution < 1.29 is 19.4 Å². The minimum Gasteiger partial charge on any atom is -0.478 e. The summed E-state index contributed by atoms with van der Waals surface area (Å²) in [5, 5.41) is 11.8. The van der Waals surface area contributed by atoms with Gasteiger partial charge >= 0.3 is 5.97 Å². The summed E-state index contributed by atoms with van der Waals surface area (Å²) in [6, 6.07) is 6.69. The zero-order chi connectivity index (χ0) is 15.3. The predicted molar refractivity (Wildman–Crippen MR) is 77.1 cm³/mol. The van der Waals surface area contributed by atoms with E-state index in [2.05, 4.69) is 5.32 Å². The Labute approximate surface area is 123 Å². The lowest BCUT2D eigenvalue weighted by Gasteiger charge is -2.31. The first-order chi connectivity index (χ1) is 10.0. The highest BCUT2D eigenvalue weighted by molar-refractivity contribution is 5.88. The quantitative estimate of drug-likeness (QED) is 0.735. The molecule has 0 atom stereocenters. The van der Waals surface area contributed by atoms with Crippen LogP contribution in [0.3, 0.4) is 0 Å². The number of rotatable bonds is 5. The van der Waals surface area contributed by atoms with Crippen molar-refractivity contribution in [2.45, 2.75) is 24.8 Å². The molecule has 1 heterocycles. The molecule has 1 aliphatic rings. The second kappa shape index (κ2) is 6.69. The third kappa shape index (κ3) is 4.03. The summed E-state index contributed by atoms with van der Waals surface area (Å²) in [6.07, 6.45) is 1.61. The van der Waals surface area contributed by atoms with Gasteiger partial charge in [-0.15, -0.1) is 0 Å². The molecule has 1 saturated heterocycles. The molecular weight excluding hydrogens is 272 g/mol. The summed E-state index contributed by atoms with van der Waals surface area (Å²) in [6.45, 7) is 1.44. The zero-order valence-electron chi connectivity index (χ0n) is 11.8. The van der Waals surface area contributed by atoms with Crippen LogP contribution in [0.15, 0.2) is 24.3 Å². The number of carbonyl (C=O) groups excluding carboxylic acids is 1. The number of carboxylic acid groups (broad SMARTS) is 1. The van der Waals surface area contributed by atoms with Crippen molar-refractivity contribution in [3.8, 4) is 0 Å². The van der Waals surface area contributed by atoms with Gasteiger partial charge in [-0.1, -0.05) is 12.1 Å². The van der Waals surface area contributed by atoms with Crippen LogP contribution in [0, 0.1) is 0 Å². The Kier molecular flexibility index (Phi) is 4.93. The molecule has 6 heteroatoms. The number of ether oxygens (including phenoxy) is 1. The molecule has 1 aliphatic heterocycles. The second-order valence-corrected chi connectivity index (χ2v) is 5.28. The van der Waals surface area contributed by atoms with E-state index in [9.17, 15) is 9.59 Å². The number of carbonyl (C=O) groups is 2. The fraction of sp³-hybridized carbons (Fsp3) is 0.467. The van der Waals surface area contributed by atoms with Crippen LogP contribution in [0.5, 0.6) is 0 Å². The number of benzene rings is 1. The van der Waals surface area contributed by atoms with Crippen LogP contribution in [0.4, 0.5) is 0 Å². The van der Waals surface area contributed by atoms with Crippen molar-refractivity contribution in [3.05, 3.63) is 35.4 Å². The van der Waals surface area contributed by atoms with Crippen LogP contribution in [0.1, 0.15) is 28.8 Å². The third-order valence-electron chi connectivity index (χ3n) is 3.71. The van der Waals surface area contributed by atoms with Gasteiger partial charge in [0.15, 0.2) is 0 Å².